The van der Waals surface area contributed by atoms with Crippen molar-refractivity contribution in [3.63, 3.8) is 0 Å². The van der Waals surface area contributed by atoms with E-state index in [9.17, 15) is 19.5 Å². The number of carboxylic acid groups (broad SMARTS) is 1. The van der Waals surface area contributed by atoms with Crippen LogP contribution in [0.15, 0.2) is 48.5 Å². The van der Waals surface area contributed by atoms with Gasteiger partial charge in [0, 0.05) is 17.9 Å². The maximum absolute atomic E-state index is 12.5. The van der Waals surface area contributed by atoms with Crippen LogP contribution in [0.2, 0.25) is 0 Å². The summed E-state index contributed by atoms with van der Waals surface area (Å²) in [6, 6.07) is 15.6. The van der Waals surface area contributed by atoms with Crippen molar-refractivity contribution in [1.29, 1.82) is 0 Å². The molecule has 2 aliphatic rings. The van der Waals surface area contributed by atoms with Crippen LogP contribution in [0, 0.1) is 5.92 Å². The molecule has 0 bridgehead atoms. The van der Waals surface area contributed by atoms with E-state index in [1.54, 1.807) is 13.8 Å². The van der Waals surface area contributed by atoms with Crippen LogP contribution in [0.5, 0.6) is 0 Å². The van der Waals surface area contributed by atoms with Crippen LogP contribution in [-0.2, 0) is 19.1 Å². The minimum absolute atomic E-state index is 0.0277. The molecular weight excluding hydrogens is 424 g/mol. The molecule has 2 amide bonds. The Kier molecular flexibility index (Phi) is 6.37. The van der Waals surface area contributed by atoms with Crippen molar-refractivity contribution in [3.8, 4) is 11.1 Å². The van der Waals surface area contributed by atoms with E-state index in [-0.39, 0.29) is 38.1 Å². The lowest BCUT2D eigenvalue weighted by Gasteiger charge is -2.27. The molecule has 8 heteroatoms. The van der Waals surface area contributed by atoms with E-state index in [1.165, 1.54) is 0 Å². The monoisotopic (exact) mass is 452 g/mol. The van der Waals surface area contributed by atoms with E-state index in [0.29, 0.717) is 0 Å². The van der Waals surface area contributed by atoms with Crippen molar-refractivity contribution in [2.75, 3.05) is 19.8 Å². The highest BCUT2D eigenvalue weighted by Gasteiger charge is 2.36. The van der Waals surface area contributed by atoms with Gasteiger partial charge in [0.15, 0.2) is 0 Å². The van der Waals surface area contributed by atoms with Gasteiger partial charge in [-0.3, -0.25) is 9.59 Å². The Labute approximate surface area is 192 Å². The molecule has 2 aromatic carbocycles. The van der Waals surface area contributed by atoms with Crippen LogP contribution in [0.3, 0.4) is 0 Å². The van der Waals surface area contributed by atoms with Gasteiger partial charge in [-0.05, 0) is 36.1 Å². The number of benzene rings is 2. The summed E-state index contributed by atoms with van der Waals surface area (Å²) in [5.41, 5.74) is 3.66. The van der Waals surface area contributed by atoms with Gasteiger partial charge < -0.3 is 25.2 Å². The van der Waals surface area contributed by atoms with Crippen LogP contribution in [0.4, 0.5) is 4.79 Å². The van der Waals surface area contributed by atoms with Crippen LogP contribution in [-0.4, -0.2) is 54.5 Å². The highest BCUT2D eigenvalue weighted by atomic mass is 16.5. The van der Waals surface area contributed by atoms with E-state index in [0.717, 1.165) is 22.3 Å². The summed E-state index contributed by atoms with van der Waals surface area (Å²) in [6.45, 7) is 3.84. The molecule has 4 rings (SSSR count). The fourth-order valence-corrected chi connectivity index (χ4v) is 4.55. The summed E-state index contributed by atoms with van der Waals surface area (Å²) in [7, 11) is 0. The van der Waals surface area contributed by atoms with Crippen molar-refractivity contribution in [1.82, 2.24) is 10.6 Å². The number of rotatable bonds is 7. The number of alkyl carbamates (subject to hydrolysis) is 1. The molecule has 0 saturated carbocycles. The van der Waals surface area contributed by atoms with Gasteiger partial charge in [-0.15, -0.1) is 0 Å². The molecule has 2 atom stereocenters. The van der Waals surface area contributed by atoms with E-state index in [2.05, 4.69) is 22.8 Å². The molecule has 1 fully saturated rings. The quantitative estimate of drug-likeness (QED) is 0.595. The number of carbonyl (C=O) groups excluding carboxylic acids is 2. The number of ether oxygens (including phenoxy) is 2. The molecule has 0 radical (unpaired) electrons. The standard InChI is InChI=1S/C25H28N2O6/c1-25(2,11-22(28)26-21-14-32-12-20(21)23(29)30)27-24(31)33-13-19-17-9-5-3-7-15(17)16-8-4-6-10-18(16)19/h3-10,19-21H,11-14H2,1-2H3,(H,26,28)(H,27,31)(H,29,30). The molecule has 33 heavy (non-hydrogen) atoms. The Morgan fingerprint density at radius 1 is 1.03 bits per heavy atom. The fourth-order valence-electron chi connectivity index (χ4n) is 4.55. The van der Waals surface area contributed by atoms with Crippen molar-refractivity contribution in [2.45, 2.75) is 37.8 Å². The highest BCUT2D eigenvalue weighted by molar-refractivity contribution is 5.81. The SMILES string of the molecule is CC(C)(CC(=O)NC1COCC1C(=O)O)NC(=O)OCC1c2ccccc2-c2ccccc21. The third-order valence-corrected chi connectivity index (χ3v) is 6.13. The van der Waals surface area contributed by atoms with Gasteiger partial charge in [-0.1, -0.05) is 48.5 Å². The fraction of sp³-hybridized carbons (Fsp3) is 0.400. The zero-order valence-electron chi connectivity index (χ0n) is 18.7. The van der Waals surface area contributed by atoms with Gasteiger partial charge in [0.2, 0.25) is 5.91 Å². The van der Waals surface area contributed by atoms with Gasteiger partial charge in [0.05, 0.1) is 19.3 Å². The zero-order chi connectivity index (χ0) is 23.6. The molecule has 2 unspecified atom stereocenters. The molecule has 3 N–H and O–H groups in total. The minimum Gasteiger partial charge on any atom is -0.481 e. The molecule has 1 aliphatic heterocycles. The summed E-state index contributed by atoms with van der Waals surface area (Å²) in [4.78, 5) is 36.3. The second-order valence-electron chi connectivity index (χ2n) is 9.17. The minimum atomic E-state index is -1.01. The van der Waals surface area contributed by atoms with Crippen molar-refractivity contribution < 1.29 is 29.0 Å². The number of fused-ring (bicyclic) bond motifs is 3. The van der Waals surface area contributed by atoms with Crippen molar-refractivity contribution in [3.05, 3.63) is 59.7 Å². The lowest BCUT2D eigenvalue weighted by Crippen LogP contribution is -2.50. The van der Waals surface area contributed by atoms with Gasteiger partial charge in [0.1, 0.15) is 12.5 Å². The number of aliphatic carboxylic acids is 1. The van der Waals surface area contributed by atoms with Crippen LogP contribution >= 0.6 is 0 Å². The number of carbonyl (C=O) groups is 3. The molecule has 1 saturated heterocycles. The summed E-state index contributed by atoms with van der Waals surface area (Å²) >= 11 is 0. The first-order valence-corrected chi connectivity index (χ1v) is 11.0. The average Bonchev–Trinajstić information content (AvgIpc) is 3.34. The smallest absolute Gasteiger partial charge is 0.407 e. The van der Waals surface area contributed by atoms with E-state index in [4.69, 9.17) is 9.47 Å². The first-order valence-electron chi connectivity index (χ1n) is 11.0. The Bertz CT molecular complexity index is 1020. The molecular formula is C25H28N2O6. The third kappa shape index (κ3) is 5.01. The lowest BCUT2D eigenvalue weighted by atomic mass is 9.98. The Morgan fingerprint density at radius 3 is 2.24 bits per heavy atom. The molecule has 0 spiro atoms. The largest absolute Gasteiger partial charge is 0.481 e. The van der Waals surface area contributed by atoms with Gasteiger partial charge in [-0.2, -0.15) is 0 Å². The van der Waals surface area contributed by atoms with Crippen LogP contribution < -0.4 is 10.6 Å². The molecule has 1 heterocycles. The second-order valence-corrected chi connectivity index (χ2v) is 9.17. The van der Waals surface area contributed by atoms with Gasteiger partial charge in [0.25, 0.3) is 0 Å². The van der Waals surface area contributed by atoms with E-state index < -0.39 is 29.6 Å². The molecule has 8 nitrogen and oxygen atoms in total. The Hall–Kier alpha value is -3.39. The third-order valence-electron chi connectivity index (χ3n) is 6.13. The Balaban J connectivity index is 1.32. The first-order chi connectivity index (χ1) is 15.7. The summed E-state index contributed by atoms with van der Waals surface area (Å²) < 4.78 is 10.7. The number of hydrogen-bond acceptors (Lipinski definition) is 5. The van der Waals surface area contributed by atoms with Crippen molar-refractivity contribution in [2.24, 2.45) is 5.92 Å². The topological polar surface area (TPSA) is 114 Å². The van der Waals surface area contributed by atoms with Crippen LogP contribution in [0.25, 0.3) is 11.1 Å². The summed E-state index contributed by atoms with van der Waals surface area (Å²) in [5, 5.41) is 14.7. The predicted octanol–water partition coefficient (Wildman–Crippen LogP) is 2.91. The molecule has 0 aromatic heterocycles. The molecule has 2 aromatic rings. The number of hydrogen-bond donors (Lipinski definition) is 3. The first kappa shape index (κ1) is 22.8. The van der Waals surface area contributed by atoms with Gasteiger partial charge >= 0.3 is 12.1 Å². The van der Waals surface area contributed by atoms with Crippen LogP contribution in [0.1, 0.15) is 37.3 Å². The number of carboxylic acids is 1. The highest BCUT2D eigenvalue weighted by Crippen LogP contribution is 2.44. The number of nitrogens with one attached hydrogen (secondary N) is 2. The maximum atomic E-state index is 12.5. The molecule has 1 aliphatic carbocycles. The Morgan fingerprint density at radius 2 is 1.64 bits per heavy atom. The predicted molar refractivity (Wildman–Crippen MR) is 121 cm³/mol. The number of amides is 2. The van der Waals surface area contributed by atoms with Crippen molar-refractivity contribution >= 4 is 18.0 Å². The summed E-state index contributed by atoms with van der Waals surface area (Å²) in [5.74, 6) is -2.19. The molecule has 174 valence electrons. The maximum Gasteiger partial charge on any atom is 0.407 e. The van der Waals surface area contributed by atoms with E-state index in [1.807, 2.05) is 36.4 Å². The second kappa shape index (κ2) is 9.23. The zero-order valence-corrected chi connectivity index (χ0v) is 18.7. The summed E-state index contributed by atoms with van der Waals surface area (Å²) in [6.07, 6.45) is -0.637. The van der Waals surface area contributed by atoms with E-state index >= 15 is 0 Å². The average molecular weight is 453 g/mol. The van der Waals surface area contributed by atoms with Gasteiger partial charge in [-0.25, -0.2) is 4.79 Å². The normalized spacial score (nSPS) is 19.5. The lowest BCUT2D eigenvalue weighted by molar-refractivity contribution is -0.142.